The Morgan fingerprint density at radius 2 is 1.81 bits per heavy atom. The van der Waals surface area contributed by atoms with Gasteiger partial charge >= 0.3 is 11.9 Å². The SMILES string of the molecule is COC(=O)/C=C(/Nc1cc(C(=O)N2CCCCC2)ccc1Cl)C(=O)OC. The molecule has 7 nitrogen and oxygen atoms in total. The van der Waals surface area contributed by atoms with Crippen LogP contribution in [-0.2, 0) is 19.1 Å². The number of esters is 2. The molecule has 0 aromatic heterocycles. The number of likely N-dealkylation sites (tertiary alicyclic amines) is 1. The number of rotatable bonds is 5. The number of benzene rings is 1. The van der Waals surface area contributed by atoms with E-state index in [2.05, 4.69) is 14.8 Å². The molecule has 1 amide bonds. The van der Waals surface area contributed by atoms with Gasteiger partial charge in [-0.15, -0.1) is 0 Å². The van der Waals surface area contributed by atoms with Crippen molar-refractivity contribution in [1.82, 2.24) is 4.90 Å². The lowest BCUT2D eigenvalue weighted by atomic mass is 10.1. The molecule has 1 N–H and O–H groups in total. The molecule has 1 aromatic rings. The number of piperidine rings is 1. The summed E-state index contributed by atoms with van der Waals surface area (Å²) in [6.45, 7) is 1.44. The van der Waals surface area contributed by atoms with E-state index in [-0.39, 0.29) is 11.6 Å². The lowest BCUT2D eigenvalue weighted by molar-refractivity contribution is -0.138. The topological polar surface area (TPSA) is 84.9 Å². The van der Waals surface area contributed by atoms with Crippen LogP contribution in [-0.4, -0.2) is 50.1 Å². The van der Waals surface area contributed by atoms with E-state index in [1.807, 2.05) is 0 Å². The summed E-state index contributed by atoms with van der Waals surface area (Å²) in [7, 11) is 2.38. The molecule has 1 saturated heterocycles. The summed E-state index contributed by atoms with van der Waals surface area (Å²) in [6, 6.07) is 4.74. The molecule has 1 aromatic carbocycles. The van der Waals surface area contributed by atoms with Gasteiger partial charge in [-0.05, 0) is 37.5 Å². The van der Waals surface area contributed by atoms with Crippen molar-refractivity contribution in [2.45, 2.75) is 19.3 Å². The fourth-order valence-corrected chi connectivity index (χ4v) is 2.78. The van der Waals surface area contributed by atoms with Crippen LogP contribution in [0.4, 0.5) is 5.69 Å². The number of nitrogens with zero attached hydrogens (tertiary/aromatic N) is 1. The normalized spacial score (nSPS) is 14.6. The number of carbonyl (C=O) groups excluding carboxylic acids is 3. The summed E-state index contributed by atoms with van der Waals surface area (Å²) in [5, 5.41) is 3.04. The molecule has 26 heavy (non-hydrogen) atoms. The first-order chi connectivity index (χ1) is 12.5. The Morgan fingerprint density at radius 1 is 1.12 bits per heavy atom. The number of anilines is 1. The number of halogens is 1. The maximum Gasteiger partial charge on any atom is 0.354 e. The predicted molar refractivity (Wildman–Crippen MR) is 96.9 cm³/mol. The molecule has 0 bridgehead atoms. The monoisotopic (exact) mass is 380 g/mol. The number of amides is 1. The Hall–Kier alpha value is -2.54. The molecule has 0 spiro atoms. The van der Waals surface area contributed by atoms with E-state index in [0.717, 1.165) is 38.4 Å². The second kappa shape index (κ2) is 9.24. The van der Waals surface area contributed by atoms with Crippen LogP contribution in [0.1, 0.15) is 29.6 Å². The highest BCUT2D eigenvalue weighted by atomic mass is 35.5. The molecule has 0 saturated carbocycles. The fourth-order valence-electron chi connectivity index (χ4n) is 2.61. The second-order valence-corrected chi connectivity index (χ2v) is 6.15. The van der Waals surface area contributed by atoms with Gasteiger partial charge in [-0.2, -0.15) is 0 Å². The zero-order valence-electron chi connectivity index (χ0n) is 14.7. The second-order valence-electron chi connectivity index (χ2n) is 5.75. The third-order valence-corrected chi connectivity index (χ3v) is 4.32. The standard InChI is InChI=1S/C18H21ClN2O5/c1-25-16(22)11-15(18(24)26-2)20-14-10-12(6-7-13(14)19)17(23)21-8-4-3-5-9-21/h6-7,10-11,20H,3-5,8-9H2,1-2H3/b15-11+. The van der Waals surface area contributed by atoms with Gasteiger partial charge in [0.25, 0.3) is 5.91 Å². The number of methoxy groups -OCH3 is 2. The summed E-state index contributed by atoms with van der Waals surface area (Å²) in [6.07, 6.45) is 4.05. The van der Waals surface area contributed by atoms with Crippen LogP contribution in [0, 0.1) is 0 Å². The summed E-state index contributed by atoms with van der Waals surface area (Å²) in [4.78, 5) is 37.8. The van der Waals surface area contributed by atoms with Crippen molar-refractivity contribution in [2.75, 3.05) is 32.6 Å². The molecule has 2 rings (SSSR count). The van der Waals surface area contributed by atoms with E-state index in [1.54, 1.807) is 23.1 Å². The first-order valence-corrected chi connectivity index (χ1v) is 8.58. The van der Waals surface area contributed by atoms with Crippen molar-refractivity contribution in [3.05, 3.63) is 40.6 Å². The highest BCUT2D eigenvalue weighted by Crippen LogP contribution is 2.26. The van der Waals surface area contributed by atoms with Gasteiger partial charge in [-0.1, -0.05) is 11.6 Å². The van der Waals surface area contributed by atoms with Gasteiger partial charge in [0.05, 0.1) is 31.0 Å². The summed E-state index contributed by atoms with van der Waals surface area (Å²) in [5.74, 6) is -1.59. The lowest BCUT2D eigenvalue weighted by Gasteiger charge is -2.27. The first-order valence-electron chi connectivity index (χ1n) is 8.20. The molecule has 8 heteroatoms. The van der Waals surface area contributed by atoms with Crippen LogP contribution in [0.25, 0.3) is 0 Å². The Morgan fingerprint density at radius 3 is 2.42 bits per heavy atom. The van der Waals surface area contributed by atoms with Crippen LogP contribution >= 0.6 is 11.6 Å². The lowest BCUT2D eigenvalue weighted by Crippen LogP contribution is -2.35. The third-order valence-electron chi connectivity index (χ3n) is 3.99. The zero-order valence-corrected chi connectivity index (χ0v) is 15.5. The van der Waals surface area contributed by atoms with Crippen LogP contribution in [0.3, 0.4) is 0 Å². The van der Waals surface area contributed by atoms with Gasteiger partial charge < -0.3 is 19.7 Å². The average Bonchev–Trinajstić information content (AvgIpc) is 2.68. The quantitative estimate of drug-likeness (QED) is 0.624. The van der Waals surface area contributed by atoms with Crippen molar-refractivity contribution in [3.63, 3.8) is 0 Å². The highest BCUT2D eigenvalue weighted by Gasteiger charge is 2.20. The van der Waals surface area contributed by atoms with Crippen molar-refractivity contribution < 1.29 is 23.9 Å². The van der Waals surface area contributed by atoms with Gasteiger partial charge in [0.1, 0.15) is 5.70 Å². The summed E-state index contributed by atoms with van der Waals surface area (Å²) >= 11 is 6.17. The molecule has 1 aliphatic rings. The molecule has 0 unspecified atom stereocenters. The van der Waals surface area contributed by atoms with Crippen molar-refractivity contribution >= 4 is 35.1 Å². The van der Waals surface area contributed by atoms with Crippen molar-refractivity contribution in [1.29, 1.82) is 0 Å². The smallest absolute Gasteiger partial charge is 0.354 e. The van der Waals surface area contributed by atoms with E-state index in [9.17, 15) is 14.4 Å². The number of carbonyl (C=O) groups is 3. The Labute approximate surface area is 156 Å². The largest absolute Gasteiger partial charge is 0.466 e. The van der Waals surface area contributed by atoms with E-state index in [1.165, 1.54) is 14.2 Å². The summed E-state index contributed by atoms with van der Waals surface area (Å²) in [5.41, 5.74) is 0.611. The molecular formula is C18H21ClN2O5. The van der Waals surface area contributed by atoms with E-state index < -0.39 is 11.9 Å². The zero-order chi connectivity index (χ0) is 19.1. The van der Waals surface area contributed by atoms with Crippen molar-refractivity contribution in [3.8, 4) is 0 Å². The Kier molecular flexibility index (Phi) is 7.03. The fraction of sp³-hybridized carbons (Fsp3) is 0.389. The minimum absolute atomic E-state index is 0.0963. The molecular weight excluding hydrogens is 360 g/mol. The van der Waals surface area contributed by atoms with Crippen molar-refractivity contribution in [2.24, 2.45) is 0 Å². The first kappa shape index (κ1) is 19.8. The molecule has 0 aliphatic carbocycles. The molecule has 1 heterocycles. The van der Waals surface area contributed by atoms with Crippen LogP contribution in [0.2, 0.25) is 5.02 Å². The van der Waals surface area contributed by atoms with E-state index in [4.69, 9.17) is 11.6 Å². The predicted octanol–water partition coefficient (Wildman–Crippen LogP) is 2.61. The van der Waals surface area contributed by atoms with Gasteiger partial charge in [0, 0.05) is 18.7 Å². The molecule has 1 fully saturated rings. The maximum absolute atomic E-state index is 12.6. The maximum atomic E-state index is 12.6. The Balaban J connectivity index is 2.27. The van der Waals surface area contributed by atoms with Crippen LogP contribution < -0.4 is 5.32 Å². The van der Waals surface area contributed by atoms with Gasteiger partial charge in [0.15, 0.2) is 0 Å². The van der Waals surface area contributed by atoms with Gasteiger partial charge in [0.2, 0.25) is 0 Å². The highest BCUT2D eigenvalue weighted by molar-refractivity contribution is 6.33. The molecule has 1 aliphatic heterocycles. The average molecular weight is 381 g/mol. The van der Waals surface area contributed by atoms with Gasteiger partial charge in [-0.25, -0.2) is 9.59 Å². The van der Waals surface area contributed by atoms with Crippen LogP contribution in [0.15, 0.2) is 30.0 Å². The summed E-state index contributed by atoms with van der Waals surface area (Å²) < 4.78 is 9.17. The van der Waals surface area contributed by atoms with E-state index in [0.29, 0.717) is 16.3 Å². The molecule has 140 valence electrons. The van der Waals surface area contributed by atoms with Crippen LogP contribution in [0.5, 0.6) is 0 Å². The number of ether oxygens (including phenoxy) is 2. The Bertz CT molecular complexity index is 726. The molecule has 0 radical (unpaired) electrons. The molecule has 0 atom stereocenters. The third kappa shape index (κ3) is 4.98. The number of nitrogens with one attached hydrogen (secondary N) is 1. The van der Waals surface area contributed by atoms with Gasteiger partial charge in [-0.3, -0.25) is 4.79 Å². The minimum atomic E-state index is -0.765. The minimum Gasteiger partial charge on any atom is -0.466 e. The number of hydrogen-bond donors (Lipinski definition) is 1. The van der Waals surface area contributed by atoms with E-state index >= 15 is 0 Å². The number of hydrogen-bond acceptors (Lipinski definition) is 6.